The maximum absolute atomic E-state index is 9.19. The van der Waals surface area contributed by atoms with Gasteiger partial charge < -0.3 is 4.90 Å². The van der Waals surface area contributed by atoms with Crippen molar-refractivity contribution in [1.82, 2.24) is 14.8 Å². The summed E-state index contributed by atoms with van der Waals surface area (Å²) in [5.41, 5.74) is 0.648. The number of aromatic nitrogens is 3. The summed E-state index contributed by atoms with van der Waals surface area (Å²) in [5.74, 6) is 0.805. The lowest BCUT2D eigenvalue weighted by atomic mass is 10.2. The van der Waals surface area contributed by atoms with Crippen LogP contribution >= 0.6 is 0 Å². The highest BCUT2D eigenvalue weighted by Gasteiger charge is 2.27. The number of hydrogen-bond donors (Lipinski definition) is 0. The molecule has 1 aliphatic rings. The van der Waals surface area contributed by atoms with Crippen LogP contribution in [0.5, 0.6) is 0 Å². The maximum Gasteiger partial charge on any atom is 0.146 e. The molecule has 0 unspecified atom stereocenters. The van der Waals surface area contributed by atoms with E-state index in [0.717, 1.165) is 31.7 Å². The van der Waals surface area contributed by atoms with Crippen LogP contribution in [0.15, 0.2) is 36.8 Å². The van der Waals surface area contributed by atoms with Gasteiger partial charge in [-0.25, -0.2) is 4.98 Å². The van der Waals surface area contributed by atoms with Crippen LogP contribution in [0.4, 0.5) is 5.82 Å². The maximum atomic E-state index is 9.19. The van der Waals surface area contributed by atoms with Crippen LogP contribution in [0.2, 0.25) is 0 Å². The van der Waals surface area contributed by atoms with Crippen LogP contribution in [0.25, 0.3) is 0 Å². The van der Waals surface area contributed by atoms with Gasteiger partial charge in [-0.05, 0) is 31.0 Å². The normalized spacial score (nSPS) is 18.5. The Kier molecular flexibility index (Phi) is 3.15. The van der Waals surface area contributed by atoms with E-state index in [-0.39, 0.29) is 0 Å². The number of pyridine rings is 1. The molecule has 3 heterocycles. The van der Waals surface area contributed by atoms with E-state index < -0.39 is 0 Å². The summed E-state index contributed by atoms with van der Waals surface area (Å²) in [5, 5.41) is 13.4. The third-order valence-corrected chi connectivity index (χ3v) is 3.51. The predicted octanol–water partition coefficient (Wildman–Crippen LogP) is 1.82. The summed E-state index contributed by atoms with van der Waals surface area (Å²) in [6.07, 6.45) is 7.76. The van der Waals surface area contributed by atoms with Crippen LogP contribution in [-0.4, -0.2) is 27.4 Å². The molecule has 0 saturated carbocycles. The van der Waals surface area contributed by atoms with E-state index in [0.29, 0.717) is 11.6 Å². The lowest BCUT2D eigenvalue weighted by Crippen LogP contribution is -2.34. The minimum atomic E-state index is 0.363. The molecule has 1 fully saturated rings. The van der Waals surface area contributed by atoms with Crippen molar-refractivity contribution in [1.29, 1.82) is 5.26 Å². The van der Waals surface area contributed by atoms with Crippen LogP contribution in [-0.2, 0) is 6.54 Å². The highest BCUT2D eigenvalue weighted by Crippen LogP contribution is 2.27. The Morgan fingerprint density at radius 3 is 3.11 bits per heavy atom. The largest absolute Gasteiger partial charge is 0.351 e. The van der Waals surface area contributed by atoms with Gasteiger partial charge in [-0.3, -0.25) is 4.68 Å². The van der Waals surface area contributed by atoms with Crippen molar-refractivity contribution >= 4 is 5.82 Å². The van der Waals surface area contributed by atoms with Gasteiger partial charge in [0.15, 0.2) is 0 Å². The molecule has 2 aromatic rings. The van der Waals surface area contributed by atoms with Gasteiger partial charge in [0.2, 0.25) is 0 Å². The van der Waals surface area contributed by atoms with Crippen LogP contribution in [0, 0.1) is 11.3 Å². The Morgan fingerprint density at radius 1 is 1.37 bits per heavy atom. The molecule has 0 amide bonds. The van der Waals surface area contributed by atoms with Gasteiger partial charge in [0.05, 0.1) is 18.2 Å². The smallest absolute Gasteiger partial charge is 0.146 e. The number of nitrogens with zero attached hydrogens (tertiary/aromatic N) is 5. The van der Waals surface area contributed by atoms with Gasteiger partial charge in [-0.1, -0.05) is 0 Å². The summed E-state index contributed by atoms with van der Waals surface area (Å²) in [6, 6.07) is 8.15. The zero-order chi connectivity index (χ0) is 13.1. The third kappa shape index (κ3) is 2.29. The van der Waals surface area contributed by atoms with Crippen molar-refractivity contribution in [3.63, 3.8) is 0 Å². The Balaban J connectivity index is 1.85. The van der Waals surface area contributed by atoms with E-state index in [4.69, 9.17) is 0 Å². The first-order chi connectivity index (χ1) is 9.38. The van der Waals surface area contributed by atoms with E-state index in [1.807, 2.05) is 23.0 Å². The van der Waals surface area contributed by atoms with E-state index in [9.17, 15) is 5.26 Å². The molecule has 1 saturated heterocycles. The Labute approximate surface area is 112 Å². The van der Waals surface area contributed by atoms with Gasteiger partial charge >= 0.3 is 0 Å². The van der Waals surface area contributed by atoms with Crippen LogP contribution in [0.1, 0.15) is 18.4 Å². The van der Waals surface area contributed by atoms with Gasteiger partial charge in [0.25, 0.3) is 0 Å². The molecule has 19 heavy (non-hydrogen) atoms. The van der Waals surface area contributed by atoms with Crippen molar-refractivity contribution in [2.75, 3.05) is 11.4 Å². The molecule has 0 radical (unpaired) electrons. The summed E-state index contributed by atoms with van der Waals surface area (Å²) in [6.45, 7) is 1.80. The van der Waals surface area contributed by atoms with Crippen molar-refractivity contribution in [3.8, 4) is 6.07 Å². The second kappa shape index (κ2) is 5.11. The molecule has 3 rings (SSSR count). The van der Waals surface area contributed by atoms with Gasteiger partial charge in [-0.15, -0.1) is 0 Å². The molecule has 5 heteroatoms. The lowest BCUT2D eigenvalue weighted by molar-refractivity contribution is 0.507. The van der Waals surface area contributed by atoms with E-state index in [1.165, 1.54) is 0 Å². The fourth-order valence-electron chi connectivity index (χ4n) is 2.64. The van der Waals surface area contributed by atoms with Crippen molar-refractivity contribution < 1.29 is 0 Å². The zero-order valence-corrected chi connectivity index (χ0v) is 10.6. The van der Waals surface area contributed by atoms with Gasteiger partial charge in [0.1, 0.15) is 11.9 Å². The zero-order valence-electron chi connectivity index (χ0n) is 10.6. The molecule has 5 nitrogen and oxygen atoms in total. The van der Waals surface area contributed by atoms with Crippen LogP contribution < -0.4 is 4.90 Å². The Morgan fingerprint density at radius 2 is 2.32 bits per heavy atom. The summed E-state index contributed by atoms with van der Waals surface area (Å²) in [7, 11) is 0. The average molecular weight is 253 g/mol. The molecule has 0 bridgehead atoms. The fourth-order valence-corrected chi connectivity index (χ4v) is 2.64. The number of anilines is 1. The summed E-state index contributed by atoms with van der Waals surface area (Å²) in [4.78, 5) is 6.62. The van der Waals surface area contributed by atoms with E-state index in [2.05, 4.69) is 21.1 Å². The predicted molar refractivity (Wildman–Crippen MR) is 71.5 cm³/mol. The second-order valence-corrected chi connectivity index (χ2v) is 4.70. The molecule has 96 valence electrons. The molecular formula is C14H15N5. The first kappa shape index (κ1) is 11.7. The lowest BCUT2D eigenvalue weighted by Gasteiger charge is -2.26. The second-order valence-electron chi connectivity index (χ2n) is 4.70. The minimum absolute atomic E-state index is 0.363. The molecule has 1 atom stereocenters. The van der Waals surface area contributed by atoms with Crippen molar-refractivity contribution in [2.45, 2.75) is 25.4 Å². The number of nitriles is 1. The van der Waals surface area contributed by atoms with E-state index >= 15 is 0 Å². The van der Waals surface area contributed by atoms with Crippen LogP contribution in [0.3, 0.4) is 0 Å². The van der Waals surface area contributed by atoms with Gasteiger partial charge in [0, 0.05) is 25.1 Å². The van der Waals surface area contributed by atoms with Gasteiger partial charge in [-0.2, -0.15) is 10.4 Å². The molecule has 0 aliphatic carbocycles. The molecule has 0 aromatic carbocycles. The fraction of sp³-hybridized carbons (Fsp3) is 0.357. The average Bonchev–Trinajstić information content (AvgIpc) is 3.11. The number of hydrogen-bond acceptors (Lipinski definition) is 4. The van der Waals surface area contributed by atoms with E-state index in [1.54, 1.807) is 18.5 Å². The first-order valence-electron chi connectivity index (χ1n) is 6.47. The molecule has 0 N–H and O–H groups in total. The molecule has 1 aliphatic heterocycles. The monoisotopic (exact) mass is 253 g/mol. The quantitative estimate of drug-likeness (QED) is 0.837. The third-order valence-electron chi connectivity index (χ3n) is 3.51. The molecule has 2 aromatic heterocycles. The summed E-state index contributed by atoms with van der Waals surface area (Å²) < 4.78 is 1.94. The molecular weight excluding hydrogens is 238 g/mol. The molecule has 0 spiro atoms. The van der Waals surface area contributed by atoms with Crippen molar-refractivity contribution in [2.24, 2.45) is 0 Å². The highest BCUT2D eigenvalue weighted by atomic mass is 15.3. The topological polar surface area (TPSA) is 57.7 Å². The first-order valence-corrected chi connectivity index (χ1v) is 6.47. The Hall–Kier alpha value is -2.35. The van der Waals surface area contributed by atoms with Crippen molar-refractivity contribution in [3.05, 3.63) is 42.4 Å². The SMILES string of the molecule is N#Cc1cccnc1N1CCC[C@@H]1Cn1cccn1. The minimum Gasteiger partial charge on any atom is -0.351 e. The number of rotatable bonds is 3. The highest BCUT2D eigenvalue weighted by molar-refractivity contribution is 5.54. The Bertz CT molecular complexity index is 584. The standard InChI is InChI=1S/C14H15N5/c15-10-12-4-1-6-16-14(12)19-9-2-5-13(19)11-18-8-3-7-17-18/h1,3-4,6-8,13H,2,5,9,11H2/t13-/m1/s1. The summed E-state index contributed by atoms with van der Waals surface area (Å²) >= 11 is 0.